The molecule has 0 aromatic heterocycles. The van der Waals surface area contributed by atoms with Crippen molar-refractivity contribution in [3.63, 3.8) is 0 Å². The third-order valence-corrected chi connectivity index (χ3v) is 14.6. The molecule has 0 bridgehead atoms. The molecule has 424 valence electrons. The van der Waals surface area contributed by atoms with Gasteiger partial charge in [0.1, 0.15) is 24.4 Å². The minimum atomic E-state index is -1.57. The lowest BCUT2D eigenvalue weighted by Gasteiger charge is -2.40. The number of allylic oxidation sites excluding steroid dienone is 3. The first-order valence-electron chi connectivity index (χ1n) is 30.6. The fourth-order valence-corrected chi connectivity index (χ4v) is 9.67. The van der Waals surface area contributed by atoms with Gasteiger partial charge in [-0.05, 0) is 57.8 Å². The van der Waals surface area contributed by atoms with Crippen molar-refractivity contribution < 1.29 is 49.3 Å². The van der Waals surface area contributed by atoms with E-state index in [1.165, 1.54) is 180 Å². The minimum absolute atomic E-state index is 0.0143. The van der Waals surface area contributed by atoms with Crippen molar-refractivity contribution in [2.24, 2.45) is 0 Å². The molecule has 1 heterocycles. The molecule has 1 aliphatic rings. The van der Waals surface area contributed by atoms with Crippen molar-refractivity contribution in [1.82, 2.24) is 5.32 Å². The fraction of sp³-hybridized carbons (Fsp3) is 0.902. The summed E-state index contributed by atoms with van der Waals surface area (Å²) < 4.78 is 16.7. The lowest BCUT2D eigenvalue weighted by atomic mass is 9.99. The van der Waals surface area contributed by atoms with E-state index in [-0.39, 0.29) is 18.5 Å². The summed E-state index contributed by atoms with van der Waals surface area (Å²) in [6.07, 6.45) is 51.4. The maximum atomic E-state index is 13.0. The number of hydrogen-bond acceptors (Lipinski definition) is 10. The Morgan fingerprint density at radius 2 is 0.889 bits per heavy atom. The largest absolute Gasteiger partial charge is 0.466 e. The molecule has 1 aliphatic heterocycles. The lowest BCUT2D eigenvalue weighted by molar-refractivity contribution is -0.302. The van der Waals surface area contributed by atoms with Gasteiger partial charge in [0.05, 0.1) is 32.0 Å². The van der Waals surface area contributed by atoms with Gasteiger partial charge in [-0.3, -0.25) is 9.59 Å². The van der Waals surface area contributed by atoms with Gasteiger partial charge in [0, 0.05) is 12.8 Å². The molecule has 0 radical (unpaired) electrons. The highest BCUT2D eigenvalue weighted by atomic mass is 16.7. The van der Waals surface area contributed by atoms with Crippen LogP contribution in [0.2, 0.25) is 0 Å². The number of carbonyl (C=O) groups is 2. The van der Waals surface area contributed by atoms with Crippen molar-refractivity contribution in [3.8, 4) is 0 Å². The predicted molar refractivity (Wildman–Crippen MR) is 297 cm³/mol. The maximum absolute atomic E-state index is 13.0. The van der Waals surface area contributed by atoms with E-state index in [1.54, 1.807) is 6.08 Å². The molecule has 1 amide bonds. The Balaban J connectivity index is 2.02. The molecule has 1 rings (SSSR count). The molecule has 7 unspecified atom stereocenters. The van der Waals surface area contributed by atoms with Gasteiger partial charge in [-0.25, -0.2) is 0 Å². The van der Waals surface area contributed by atoms with Crippen LogP contribution in [0.5, 0.6) is 0 Å². The van der Waals surface area contributed by atoms with E-state index in [1.807, 2.05) is 6.08 Å². The number of rotatable bonds is 53. The molecule has 0 aliphatic carbocycles. The third kappa shape index (κ3) is 40.5. The zero-order chi connectivity index (χ0) is 52.4. The summed E-state index contributed by atoms with van der Waals surface area (Å²) in [6.45, 7) is 4.30. The smallest absolute Gasteiger partial charge is 0.305 e. The van der Waals surface area contributed by atoms with Crippen molar-refractivity contribution in [2.75, 3.05) is 19.8 Å². The minimum Gasteiger partial charge on any atom is -0.466 e. The maximum Gasteiger partial charge on any atom is 0.305 e. The van der Waals surface area contributed by atoms with Gasteiger partial charge in [-0.2, -0.15) is 0 Å². The summed E-state index contributed by atoms with van der Waals surface area (Å²) in [4.78, 5) is 25.1. The van der Waals surface area contributed by atoms with Crippen LogP contribution >= 0.6 is 0 Å². The number of esters is 1. The van der Waals surface area contributed by atoms with Crippen molar-refractivity contribution in [3.05, 3.63) is 24.3 Å². The Hall–Kier alpha value is -1.86. The van der Waals surface area contributed by atoms with Gasteiger partial charge in [-0.15, -0.1) is 0 Å². The van der Waals surface area contributed by atoms with E-state index in [0.29, 0.717) is 19.4 Å². The first kappa shape index (κ1) is 68.2. The molecule has 0 aromatic carbocycles. The summed E-state index contributed by atoms with van der Waals surface area (Å²) in [5.41, 5.74) is 0. The monoisotopic (exact) mass is 1020 g/mol. The molecule has 1 fully saturated rings. The van der Waals surface area contributed by atoms with Gasteiger partial charge in [0.25, 0.3) is 0 Å². The molecular formula is C61H115NO10. The highest BCUT2D eigenvalue weighted by Crippen LogP contribution is 2.23. The molecule has 0 spiro atoms. The van der Waals surface area contributed by atoms with Crippen LogP contribution in [0.15, 0.2) is 24.3 Å². The Kier molecular flexibility index (Phi) is 48.5. The topological polar surface area (TPSA) is 175 Å². The Bertz CT molecular complexity index is 1250. The number of unbranched alkanes of at least 4 members (excludes halogenated alkanes) is 37. The second kappa shape index (κ2) is 51.3. The summed E-state index contributed by atoms with van der Waals surface area (Å²) in [5, 5.41) is 54.2. The van der Waals surface area contributed by atoms with Crippen molar-refractivity contribution in [1.29, 1.82) is 0 Å². The molecule has 0 aromatic rings. The average Bonchev–Trinajstić information content (AvgIpc) is 3.38. The van der Waals surface area contributed by atoms with Crippen LogP contribution in [-0.4, -0.2) is 100 Å². The van der Waals surface area contributed by atoms with Gasteiger partial charge < -0.3 is 45.1 Å². The summed E-state index contributed by atoms with van der Waals surface area (Å²) in [7, 11) is 0. The number of hydrogen-bond donors (Lipinski definition) is 6. The zero-order valence-electron chi connectivity index (χ0n) is 46.7. The van der Waals surface area contributed by atoms with Crippen LogP contribution in [-0.2, 0) is 23.8 Å². The number of ether oxygens (including phenoxy) is 3. The molecule has 11 heteroatoms. The lowest BCUT2D eigenvalue weighted by Crippen LogP contribution is -2.60. The van der Waals surface area contributed by atoms with E-state index in [0.717, 1.165) is 83.5 Å². The fourth-order valence-electron chi connectivity index (χ4n) is 9.67. The highest BCUT2D eigenvalue weighted by molar-refractivity contribution is 5.76. The number of aliphatic hydroxyl groups excluding tert-OH is 5. The normalized spacial score (nSPS) is 19.1. The SMILES string of the molecule is CCCCCCCCC/C=C/C(O)C(COC1OC(CO)C(O)C(O)C1O)NC(=O)CCCCCCCCC/C=C\CCCCCCCCOC(=O)CCCCCCCCCCCCCCCCCCCC. The number of amides is 1. The van der Waals surface area contributed by atoms with Gasteiger partial charge in [0.15, 0.2) is 6.29 Å². The molecule has 72 heavy (non-hydrogen) atoms. The van der Waals surface area contributed by atoms with Gasteiger partial charge >= 0.3 is 5.97 Å². The van der Waals surface area contributed by atoms with Crippen LogP contribution in [0.25, 0.3) is 0 Å². The summed E-state index contributed by atoms with van der Waals surface area (Å²) in [5.74, 6) is -0.210. The zero-order valence-corrected chi connectivity index (χ0v) is 46.7. The predicted octanol–water partition coefficient (Wildman–Crippen LogP) is 14.1. The second-order valence-corrected chi connectivity index (χ2v) is 21.4. The van der Waals surface area contributed by atoms with Gasteiger partial charge in [-0.1, -0.05) is 244 Å². The standard InChI is InChI=1S/C61H115NO10/c1-3-5-7-9-11-13-14-15-16-17-20-23-26-29-33-37-41-45-49-57(66)70-50-46-42-38-34-30-27-24-21-18-19-22-25-28-32-36-40-44-48-56(65)62-53(54(64)47-43-39-35-31-12-10-8-6-4-2)52-71-61-60(69)59(68)58(67)55(51-63)72-61/h18,21,43,47,53-55,58-61,63-64,67-69H,3-17,19-20,22-42,44-46,48-52H2,1-2H3,(H,62,65)/b21-18-,47-43+. The van der Waals surface area contributed by atoms with E-state index in [2.05, 4.69) is 31.3 Å². The summed E-state index contributed by atoms with van der Waals surface area (Å²) >= 11 is 0. The first-order valence-corrected chi connectivity index (χ1v) is 30.6. The quantitative estimate of drug-likeness (QED) is 0.0195. The van der Waals surface area contributed by atoms with Crippen LogP contribution in [0.4, 0.5) is 0 Å². The van der Waals surface area contributed by atoms with Gasteiger partial charge in [0.2, 0.25) is 5.91 Å². The van der Waals surface area contributed by atoms with Crippen LogP contribution in [0.3, 0.4) is 0 Å². The molecule has 1 saturated heterocycles. The van der Waals surface area contributed by atoms with Crippen molar-refractivity contribution >= 4 is 11.9 Å². The summed E-state index contributed by atoms with van der Waals surface area (Å²) in [6, 6.07) is -0.817. The highest BCUT2D eigenvalue weighted by Gasteiger charge is 2.44. The van der Waals surface area contributed by atoms with E-state index in [4.69, 9.17) is 14.2 Å². The second-order valence-electron chi connectivity index (χ2n) is 21.4. The number of aliphatic hydroxyl groups is 5. The molecule has 7 atom stereocenters. The Labute approximate surface area is 441 Å². The first-order chi connectivity index (χ1) is 35.2. The molecule has 11 nitrogen and oxygen atoms in total. The number of nitrogens with one attached hydrogen (secondary N) is 1. The Morgan fingerprint density at radius 3 is 1.33 bits per heavy atom. The van der Waals surface area contributed by atoms with Crippen LogP contribution in [0, 0.1) is 0 Å². The van der Waals surface area contributed by atoms with Crippen LogP contribution in [0.1, 0.15) is 290 Å². The number of carbonyl (C=O) groups excluding carboxylic acids is 2. The third-order valence-electron chi connectivity index (χ3n) is 14.6. The van der Waals surface area contributed by atoms with Crippen LogP contribution < -0.4 is 5.32 Å². The van der Waals surface area contributed by atoms with E-state index >= 15 is 0 Å². The molecule has 0 saturated carbocycles. The molecule has 6 N–H and O–H groups in total. The average molecular weight is 1020 g/mol. The van der Waals surface area contributed by atoms with Crippen molar-refractivity contribution in [2.45, 2.75) is 333 Å². The molecular weight excluding hydrogens is 907 g/mol. The van der Waals surface area contributed by atoms with E-state index in [9.17, 15) is 35.1 Å². The van der Waals surface area contributed by atoms with E-state index < -0.39 is 49.5 Å². The Morgan fingerprint density at radius 1 is 0.500 bits per heavy atom.